The second-order valence-electron chi connectivity index (χ2n) is 11.6. The lowest BCUT2D eigenvalue weighted by Crippen LogP contribution is -2.48. The number of pyridine rings is 1. The van der Waals surface area contributed by atoms with Gasteiger partial charge in [-0.05, 0) is 48.6 Å². The molecule has 31 heavy (non-hydrogen) atoms. The van der Waals surface area contributed by atoms with E-state index in [1.165, 1.54) is 0 Å². The van der Waals surface area contributed by atoms with Gasteiger partial charge < -0.3 is 13.6 Å². The van der Waals surface area contributed by atoms with Gasteiger partial charge in [0.05, 0.1) is 23.8 Å². The van der Waals surface area contributed by atoms with E-state index >= 15 is 0 Å². The van der Waals surface area contributed by atoms with Gasteiger partial charge in [-0.3, -0.25) is 0 Å². The molecule has 1 aromatic rings. The summed E-state index contributed by atoms with van der Waals surface area (Å²) in [7, 11) is -3.85. The van der Waals surface area contributed by atoms with Gasteiger partial charge in [0.15, 0.2) is 16.6 Å². The summed E-state index contributed by atoms with van der Waals surface area (Å²) in [6.07, 6.45) is 2.54. The smallest absolute Gasteiger partial charge is 0.192 e. The van der Waals surface area contributed by atoms with Crippen molar-refractivity contribution in [2.75, 3.05) is 12.9 Å². The van der Waals surface area contributed by atoms with Crippen LogP contribution in [0.25, 0.3) is 0 Å². The van der Waals surface area contributed by atoms with E-state index in [0.29, 0.717) is 11.8 Å². The number of thioether (sulfide) groups is 1. The van der Waals surface area contributed by atoms with E-state index in [-0.39, 0.29) is 28.4 Å². The zero-order valence-corrected chi connectivity index (χ0v) is 24.8. The molecular formula is C23H42ClNO3SSi2. The fourth-order valence-corrected chi connectivity index (χ4v) is 6.12. The molecule has 0 aromatic carbocycles. The predicted molar refractivity (Wildman–Crippen MR) is 138 cm³/mol. The molecule has 8 heteroatoms. The summed E-state index contributed by atoms with van der Waals surface area (Å²) in [4.78, 5) is 4.51. The van der Waals surface area contributed by atoms with E-state index in [1.54, 1.807) is 11.8 Å². The number of nitrogens with zero attached hydrogens (tertiary/aromatic N) is 1. The summed E-state index contributed by atoms with van der Waals surface area (Å²) in [6.45, 7) is 23.3. The lowest BCUT2D eigenvalue weighted by atomic mass is 10.1. The van der Waals surface area contributed by atoms with E-state index < -0.39 is 16.6 Å². The standard InChI is InChI=1S/C23H42ClNO3SSi2/c1-22(2,3)30(8,9)26-15-19-18(28-31(10,11)23(4,5)6)14-17(27-19)16-12-13-20(29-7)25-21(16)24/h12-13,17-19H,14-15H2,1-11H3/t17-,18+,19-/m1/s1. The van der Waals surface area contributed by atoms with Gasteiger partial charge in [-0.15, -0.1) is 11.8 Å². The van der Waals surface area contributed by atoms with Crippen LogP contribution in [-0.2, 0) is 13.6 Å². The number of hydrogen-bond acceptors (Lipinski definition) is 5. The third-order valence-corrected chi connectivity index (χ3v) is 17.2. The molecular weight excluding hydrogens is 462 g/mol. The number of ether oxygens (including phenoxy) is 1. The fourth-order valence-electron chi connectivity index (χ4n) is 3.03. The van der Waals surface area contributed by atoms with Crippen molar-refractivity contribution in [3.8, 4) is 0 Å². The first kappa shape index (κ1) is 27.3. The molecule has 0 radical (unpaired) electrons. The number of aromatic nitrogens is 1. The van der Waals surface area contributed by atoms with Crippen molar-refractivity contribution in [2.45, 2.75) is 108 Å². The van der Waals surface area contributed by atoms with Crippen LogP contribution in [0.2, 0.25) is 41.4 Å². The Bertz CT molecular complexity index is 762. The first-order valence-electron chi connectivity index (χ1n) is 11.2. The van der Waals surface area contributed by atoms with Gasteiger partial charge in [-0.25, -0.2) is 4.98 Å². The van der Waals surface area contributed by atoms with Gasteiger partial charge >= 0.3 is 0 Å². The van der Waals surface area contributed by atoms with Gasteiger partial charge in [0.1, 0.15) is 11.3 Å². The zero-order chi connectivity index (χ0) is 23.8. The van der Waals surface area contributed by atoms with Crippen LogP contribution in [0.15, 0.2) is 17.2 Å². The maximum Gasteiger partial charge on any atom is 0.192 e. The molecule has 0 saturated carbocycles. The van der Waals surface area contributed by atoms with E-state index in [9.17, 15) is 0 Å². The lowest BCUT2D eigenvalue weighted by Gasteiger charge is -2.40. The molecule has 3 atom stereocenters. The average Bonchev–Trinajstić information content (AvgIpc) is 2.99. The van der Waals surface area contributed by atoms with Crippen LogP contribution in [0, 0.1) is 0 Å². The van der Waals surface area contributed by atoms with Gasteiger partial charge in [0.2, 0.25) is 0 Å². The molecule has 4 nitrogen and oxygen atoms in total. The van der Waals surface area contributed by atoms with E-state index in [1.807, 2.05) is 18.4 Å². The first-order chi connectivity index (χ1) is 14.0. The largest absolute Gasteiger partial charge is 0.414 e. The van der Waals surface area contributed by atoms with E-state index in [4.69, 9.17) is 25.2 Å². The molecule has 2 rings (SSSR count). The number of rotatable bonds is 7. The molecule has 0 spiro atoms. The lowest BCUT2D eigenvalue weighted by molar-refractivity contribution is -0.0165. The number of halogens is 1. The molecule has 0 aliphatic carbocycles. The Kier molecular flexibility index (Phi) is 8.61. The Hall–Kier alpha value is 0.104. The highest BCUT2D eigenvalue weighted by molar-refractivity contribution is 7.98. The monoisotopic (exact) mass is 503 g/mol. The predicted octanol–water partition coefficient (Wildman–Crippen LogP) is 7.70. The van der Waals surface area contributed by atoms with Crippen molar-refractivity contribution >= 4 is 40.0 Å². The van der Waals surface area contributed by atoms with Crippen molar-refractivity contribution in [1.82, 2.24) is 4.98 Å². The summed E-state index contributed by atoms with van der Waals surface area (Å²) >= 11 is 8.13. The summed E-state index contributed by atoms with van der Waals surface area (Å²) < 4.78 is 19.9. The topological polar surface area (TPSA) is 40.6 Å². The van der Waals surface area contributed by atoms with Crippen LogP contribution < -0.4 is 0 Å². The Balaban J connectivity index is 2.26. The Morgan fingerprint density at radius 2 is 1.65 bits per heavy atom. The minimum absolute atomic E-state index is 0.00745. The fraction of sp³-hybridized carbons (Fsp3) is 0.783. The van der Waals surface area contributed by atoms with Crippen molar-refractivity contribution in [3.05, 3.63) is 22.8 Å². The molecule has 1 aliphatic heterocycles. The van der Waals surface area contributed by atoms with Crippen molar-refractivity contribution in [3.63, 3.8) is 0 Å². The van der Waals surface area contributed by atoms with Crippen LogP contribution in [0.4, 0.5) is 0 Å². The first-order valence-corrected chi connectivity index (χ1v) is 18.6. The van der Waals surface area contributed by atoms with Gasteiger partial charge in [0.25, 0.3) is 0 Å². The highest BCUT2D eigenvalue weighted by Gasteiger charge is 2.46. The Morgan fingerprint density at radius 3 is 2.13 bits per heavy atom. The summed E-state index contributed by atoms with van der Waals surface area (Å²) in [5.41, 5.74) is 0.943. The highest BCUT2D eigenvalue weighted by atomic mass is 35.5. The molecule has 1 aliphatic rings. The number of hydrogen-bond donors (Lipinski definition) is 0. The van der Waals surface area contributed by atoms with Gasteiger partial charge in [-0.2, -0.15) is 0 Å². The van der Waals surface area contributed by atoms with Gasteiger partial charge in [0, 0.05) is 12.0 Å². The van der Waals surface area contributed by atoms with Crippen LogP contribution >= 0.6 is 23.4 Å². The van der Waals surface area contributed by atoms with Crippen molar-refractivity contribution < 1.29 is 13.6 Å². The van der Waals surface area contributed by atoms with Crippen molar-refractivity contribution in [1.29, 1.82) is 0 Å². The third kappa shape index (κ3) is 6.58. The van der Waals surface area contributed by atoms with Crippen LogP contribution in [-0.4, -0.2) is 46.7 Å². The summed E-state index contributed by atoms with van der Waals surface area (Å²) in [5.74, 6) is 0. The van der Waals surface area contributed by atoms with Crippen LogP contribution in [0.3, 0.4) is 0 Å². The second kappa shape index (κ2) is 9.76. The molecule has 1 fully saturated rings. The third-order valence-electron chi connectivity index (χ3n) is 7.27. The average molecular weight is 504 g/mol. The molecule has 1 saturated heterocycles. The van der Waals surface area contributed by atoms with Gasteiger partial charge in [-0.1, -0.05) is 59.2 Å². The molecule has 1 aromatic heterocycles. The van der Waals surface area contributed by atoms with Crippen LogP contribution in [0.5, 0.6) is 0 Å². The maximum absolute atomic E-state index is 6.84. The summed E-state index contributed by atoms with van der Waals surface area (Å²) in [6, 6.07) is 4.06. The minimum Gasteiger partial charge on any atom is -0.414 e. The van der Waals surface area contributed by atoms with E-state index in [0.717, 1.165) is 17.0 Å². The molecule has 0 N–H and O–H groups in total. The van der Waals surface area contributed by atoms with Crippen molar-refractivity contribution in [2.24, 2.45) is 0 Å². The molecule has 2 heterocycles. The normalized spacial score (nSPS) is 23.4. The SMILES string of the molecule is CSc1ccc([C@H]2C[C@H](O[Si](C)(C)C(C)(C)C)[C@@H](CO[Si](C)(C)C(C)(C)C)O2)c(Cl)n1. The minimum atomic E-state index is -1.96. The molecule has 178 valence electrons. The molecule has 0 bridgehead atoms. The summed E-state index contributed by atoms with van der Waals surface area (Å²) in [5, 5.41) is 1.73. The maximum atomic E-state index is 6.84. The Labute approximate surface area is 201 Å². The quantitative estimate of drug-likeness (QED) is 0.216. The molecule has 0 unspecified atom stereocenters. The Morgan fingerprint density at radius 1 is 1.06 bits per heavy atom. The zero-order valence-electron chi connectivity index (χ0n) is 21.3. The van der Waals surface area contributed by atoms with E-state index in [2.05, 4.69) is 72.7 Å². The second-order valence-corrected chi connectivity index (χ2v) is 22.4. The van der Waals surface area contributed by atoms with Crippen LogP contribution in [0.1, 0.15) is 59.6 Å². The molecule has 0 amide bonds. The highest BCUT2D eigenvalue weighted by Crippen LogP contribution is 2.44.